The lowest BCUT2D eigenvalue weighted by molar-refractivity contribution is 1.60. The fourth-order valence-corrected chi connectivity index (χ4v) is 4.28. The molecule has 0 heterocycles. The number of hydrogen-bond donors (Lipinski definition) is 0. The van der Waals surface area contributed by atoms with Crippen molar-refractivity contribution in [3.8, 4) is 11.1 Å². The first kappa shape index (κ1) is 14.0. The first-order valence-corrected chi connectivity index (χ1v) is 8.70. The van der Waals surface area contributed by atoms with Crippen LogP contribution in [0.5, 0.6) is 0 Å². The minimum absolute atomic E-state index is 1.11. The van der Waals surface area contributed by atoms with Gasteiger partial charge < -0.3 is 0 Å². The Labute approximate surface area is 146 Å². The van der Waals surface area contributed by atoms with Crippen LogP contribution in [0.2, 0.25) is 0 Å². The Morgan fingerprint density at radius 1 is 0.500 bits per heavy atom. The third kappa shape index (κ3) is 2.10. The zero-order valence-corrected chi connectivity index (χ0v) is 14.9. The molecule has 2 heteroatoms. The second-order valence-corrected chi connectivity index (χ2v) is 6.91. The Hall–Kier alpha value is -1.64. The van der Waals surface area contributed by atoms with Crippen molar-refractivity contribution in [2.75, 3.05) is 0 Å². The van der Waals surface area contributed by atoms with E-state index in [0.717, 1.165) is 8.95 Å². The summed E-state index contributed by atoms with van der Waals surface area (Å²) in [5, 5.41) is 5.07. The molecule has 0 spiro atoms. The van der Waals surface area contributed by atoms with E-state index in [1.54, 1.807) is 0 Å². The van der Waals surface area contributed by atoms with Crippen molar-refractivity contribution in [2.45, 2.75) is 0 Å². The third-order valence-corrected chi connectivity index (χ3v) is 5.53. The SMILES string of the molecule is Brc1ccccc1-c1c(Br)c2ccccc2c2ccccc12. The molecule has 0 fully saturated rings. The molecule has 4 aromatic rings. The molecular weight excluding hydrogens is 400 g/mol. The Kier molecular flexibility index (Phi) is 3.51. The fraction of sp³-hybridized carbons (Fsp3) is 0. The second kappa shape index (κ2) is 5.53. The number of hydrogen-bond acceptors (Lipinski definition) is 0. The van der Waals surface area contributed by atoms with Crippen molar-refractivity contribution < 1.29 is 0 Å². The van der Waals surface area contributed by atoms with Crippen molar-refractivity contribution >= 4 is 53.4 Å². The van der Waals surface area contributed by atoms with Crippen LogP contribution in [0.25, 0.3) is 32.7 Å². The minimum Gasteiger partial charge on any atom is -0.0616 e. The van der Waals surface area contributed by atoms with E-state index in [9.17, 15) is 0 Å². The number of halogens is 2. The van der Waals surface area contributed by atoms with E-state index in [-0.39, 0.29) is 0 Å². The lowest BCUT2D eigenvalue weighted by Crippen LogP contribution is -1.88. The van der Waals surface area contributed by atoms with Gasteiger partial charge in [0, 0.05) is 14.5 Å². The first-order valence-electron chi connectivity index (χ1n) is 7.11. The average Bonchev–Trinajstić information content (AvgIpc) is 2.57. The topological polar surface area (TPSA) is 0 Å². The molecule has 0 bridgehead atoms. The molecule has 0 unspecified atom stereocenters. The summed E-state index contributed by atoms with van der Waals surface area (Å²) in [4.78, 5) is 0. The summed E-state index contributed by atoms with van der Waals surface area (Å²) in [7, 11) is 0. The van der Waals surface area contributed by atoms with Gasteiger partial charge >= 0.3 is 0 Å². The maximum Gasteiger partial charge on any atom is 0.0339 e. The fourth-order valence-electron chi connectivity index (χ4n) is 3.03. The van der Waals surface area contributed by atoms with Gasteiger partial charge in [-0.05, 0) is 49.1 Å². The third-order valence-electron chi connectivity index (χ3n) is 4.01. The smallest absolute Gasteiger partial charge is 0.0339 e. The molecule has 0 amide bonds. The van der Waals surface area contributed by atoms with Crippen molar-refractivity contribution in [2.24, 2.45) is 0 Å². The average molecular weight is 412 g/mol. The van der Waals surface area contributed by atoms with E-state index in [0.29, 0.717) is 0 Å². The van der Waals surface area contributed by atoms with Gasteiger partial charge in [-0.25, -0.2) is 0 Å². The Morgan fingerprint density at radius 2 is 1.00 bits per heavy atom. The molecule has 0 radical (unpaired) electrons. The molecule has 106 valence electrons. The summed E-state index contributed by atoms with van der Waals surface area (Å²) in [6.45, 7) is 0. The van der Waals surface area contributed by atoms with Gasteiger partial charge in [0.25, 0.3) is 0 Å². The van der Waals surface area contributed by atoms with Crippen molar-refractivity contribution in [3.05, 3.63) is 81.7 Å². The Bertz CT molecular complexity index is 1000. The van der Waals surface area contributed by atoms with Gasteiger partial charge in [0.05, 0.1) is 0 Å². The largest absolute Gasteiger partial charge is 0.0616 e. The Balaban J connectivity index is 2.26. The maximum atomic E-state index is 3.85. The summed E-state index contributed by atoms with van der Waals surface area (Å²) >= 11 is 7.55. The number of benzene rings is 4. The quantitative estimate of drug-likeness (QED) is 0.291. The van der Waals surface area contributed by atoms with Gasteiger partial charge in [0.15, 0.2) is 0 Å². The molecule has 4 aromatic carbocycles. The van der Waals surface area contributed by atoms with E-state index >= 15 is 0 Å². The van der Waals surface area contributed by atoms with Crippen molar-refractivity contribution in [1.82, 2.24) is 0 Å². The molecule has 0 atom stereocenters. The van der Waals surface area contributed by atoms with Crippen LogP contribution >= 0.6 is 31.9 Å². The molecule has 0 saturated carbocycles. The highest BCUT2D eigenvalue weighted by Gasteiger charge is 2.15. The van der Waals surface area contributed by atoms with Crippen LogP contribution in [0.4, 0.5) is 0 Å². The molecule has 0 nitrogen and oxygen atoms in total. The molecule has 0 saturated heterocycles. The second-order valence-electron chi connectivity index (χ2n) is 5.26. The van der Waals surface area contributed by atoms with E-state index in [4.69, 9.17) is 0 Å². The van der Waals surface area contributed by atoms with Gasteiger partial charge in [0.2, 0.25) is 0 Å². The molecule has 0 aromatic heterocycles. The van der Waals surface area contributed by atoms with E-state index in [2.05, 4.69) is 98.6 Å². The van der Waals surface area contributed by atoms with Crippen LogP contribution in [0.15, 0.2) is 81.7 Å². The molecule has 4 rings (SSSR count). The monoisotopic (exact) mass is 410 g/mol. The summed E-state index contributed by atoms with van der Waals surface area (Å²) in [5.41, 5.74) is 2.44. The van der Waals surface area contributed by atoms with Crippen LogP contribution in [0, 0.1) is 0 Å². The minimum atomic E-state index is 1.11. The molecule has 0 N–H and O–H groups in total. The van der Waals surface area contributed by atoms with E-state index in [1.165, 1.54) is 32.7 Å². The predicted octanol–water partition coefficient (Wildman–Crippen LogP) is 7.19. The van der Waals surface area contributed by atoms with Gasteiger partial charge in [-0.2, -0.15) is 0 Å². The zero-order chi connectivity index (χ0) is 15.1. The highest BCUT2D eigenvalue weighted by atomic mass is 79.9. The van der Waals surface area contributed by atoms with Crippen LogP contribution in [-0.2, 0) is 0 Å². The summed E-state index contributed by atoms with van der Waals surface area (Å²) in [6, 6.07) is 25.5. The van der Waals surface area contributed by atoms with Crippen molar-refractivity contribution in [3.63, 3.8) is 0 Å². The molecule has 0 aliphatic rings. The maximum absolute atomic E-state index is 3.85. The molecule has 0 aliphatic carbocycles. The van der Waals surface area contributed by atoms with E-state index in [1.807, 2.05) is 6.07 Å². The summed E-state index contributed by atoms with van der Waals surface area (Å²) in [6.07, 6.45) is 0. The van der Waals surface area contributed by atoms with Crippen LogP contribution < -0.4 is 0 Å². The Morgan fingerprint density at radius 3 is 1.68 bits per heavy atom. The summed E-state index contributed by atoms with van der Waals surface area (Å²) in [5.74, 6) is 0. The highest BCUT2D eigenvalue weighted by molar-refractivity contribution is 9.11. The predicted molar refractivity (Wildman–Crippen MR) is 102 cm³/mol. The molecule has 22 heavy (non-hydrogen) atoms. The lowest BCUT2D eigenvalue weighted by Gasteiger charge is -2.15. The molecule has 0 aliphatic heterocycles. The standard InChI is InChI=1S/C20H12Br2/c21-18-12-6-5-11-17(18)19-15-9-3-1-7-13(15)14-8-2-4-10-16(14)20(19)22/h1-12H. The van der Waals surface area contributed by atoms with Gasteiger partial charge in [-0.3, -0.25) is 0 Å². The number of fused-ring (bicyclic) bond motifs is 3. The zero-order valence-electron chi connectivity index (χ0n) is 11.7. The number of rotatable bonds is 1. The van der Waals surface area contributed by atoms with Crippen LogP contribution in [0.1, 0.15) is 0 Å². The highest BCUT2D eigenvalue weighted by Crippen LogP contribution is 2.43. The summed E-state index contributed by atoms with van der Waals surface area (Å²) < 4.78 is 2.25. The van der Waals surface area contributed by atoms with Gasteiger partial charge in [0.1, 0.15) is 0 Å². The van der Waals surface area contributed by atoms with Crippen LogP contribution in [0.3, 0.4) is 0 Å². The lowest BCUT2D eigenvalue weighted by atomic mass is 9.93. The first-order chi connectivity index (χ1) is 10.8. The van der Waals surface area contributed by atoms with Gasteiger partial charge in [-0.1, -0.05) is 82.7 Å². The van der Waals surface area contributed by atoms with Gasteiger partial charge in [-0.15, -0.1) is 0 Å². The normalized spacial score (nSPS) is 11.2. The van der Waals surface area contributed by atoms with Crippen molar-refractivity contribution in [1.29, 1.82) is 0 Å². The van der Waals surface area contributed by atoms with Crippen LogP contribution in [-0.4, -0.2) is 0 Å². The van der Waals surface area contributed by atoms with E-state index < -0.39 is 0 Å². The molecular formula is C20H12Br2.